The molecule has 102 valence electrons. The highest BCUT2D eigenvalue weighted by Crippen LogP contribution is 2.20. The van der Waals surface area contributed by atoms with Crippen molar-refractivity contribution < 1.29 is 0 Å². The van der Waals surface area contributed by atoms with Crippen LogP contribution in [0.15, 0.2) is 24.3 Å². The van der Waals surface area contributed by atoms with Crippen LogP contribution < -0.4 is 5.73 Å². The van der Waals surface area contributed by atoms with Gasteiger partial charge in [0.25, 0.3) is 0 Å². The molecule has 18 heavy (non-hydrogen) atoms. The Kier molecular flexibility index (Phi) is 5.83. The highest BCUT2D eigenvalue weighted by atomic mass is 15.2. The number of benzene rings is 1. The summed E-state index contributed by atoms with van der Waals surface area (Å²) in [6.45, 7) is 12.1. The Labute approximate surface area is 112 Å². The zero-order valence-electron chi connectivity index (χ0n) is 12.5. The fraction of sp³-hybridized carbons (Fsp3) is 0.625. The van der Waals surface area contributed by atoms with Gasteiger partial charge in [-0.25, -0.2) is 0 Å². The first-order valence-electron chi connectivity index (χ1n) is 7.11. The molecular formula is C16H28N2. The molecule has 0 aromatic heterocycles. The maximum atomic E-state index is 6.40. The number of nitrogens with two attached hydrogens (primary N) is 1. The molecule has 0 amide bonds. The molecule has 0 bridgehead atoms. The lowest BCUT2D eigenvalue weighted by Gasteiger charge is -2.35. The molecule has 0 radical (unpaired) electrons. The Morgan fingerprint density at radius 1 is 1.06 bits per heavy atom. The van der Waals surface area contributed by atoms with Gasteiger partial charge in [-0.2, -0.15) is 0 Å². The van der Waals surface area contributed by atoms with E-state index in [2.05, 4.69) is 63.8 Å². The van der Waals surface area contributed by atoms with E-state index in [-0.39, 0.29) is 6.04 Å². The van der Waals surface area contributed by atoms with Crippen LogP contribution in [0.5, 0.6) is 0 Å². The van der Waals surface area contributed by atoms with Crippen LogP contribution in [0.1, 0.15) is 51.8 Å². The van der Waals surface area contributed by atoms with Crippen LogP contribution in [0.2, 0.25) is 0 Å². The summed E-state index contributed by atoms with van der Waals surface area (Å²) in [4.78, 5) is 2.44. The van der Waals surface area contributed by atoms with Crippen LogP contribution in [0, 0.1) is 0 Å². The molecule has 2 N–H and O–H groups in total. The molecule has 1 rings (SSSR count). The van der Waals surface area contributed by atoms with E-state index in [1.54, 1.807) is 0 Å². The minimum Gasteiger partial charge on any atom is -0.323 e. The van der Waals surface area contributed by atoms with Crippen molar-refractivity contribution in [2.24, 2.45) is 5.73 Å². The summed E-state index contributed by atoms with van der Waals surface area (Å²) in [5, 5.41) is 0. The van der Waals surface area contributed by atoms with Crippen LogP contribution in [-0.2, 0) is 6.42 Å². The Hall–Kier alpha value is -0.860. The van der Waals surface area contributed by atoms with Crippen LogP contribution in [0.4, 0.5) is 0 Å². The second-order valence-electron chi connectivity index (χ2n) is 5.29. The predicted octanol–water partition coefficient (Wildman–Crippen LogP) is 3.37. The molecule has 0 saturated carbocycles. The number of hydrogen-bond acceptors (Lipinski definition) is 2. The molecule has 2 heteroatoms. The quantitative estimate of drug-likeness (QED) is 0.836. The standard InChI is InChI=1S/C16H28N2/c1-6-14-8-10-15(11-9-14)16(17)13(5)18(7-2)12(3)4/h8-13,16H,6-7,17H2,1-5H3. The van der Waals surface area contributed by atoms with E-state index in [4.69, 9.17) is 5.73 Å². The van der Waals surface area contributed by atoms with Gasteiger partial charge in [0.1, 0.15) is 0 Å². The van der Waals surface area contributed by atoms with E-state index in [9.17, 15) is 0 Å². The molecule has 0 saturated heterocycles. The molecule has 0 fully saturated rings. The molecule has 2 nitrogen and oxygen atoms in total. The molecule has 0 aliphatic carbocycles. The molecule has 0 aliphatic rings. The summed E-state index contributed by atoms with van der Waals surface area (Å²) in [6.07, 6.45) is 1.08. The van der Waals surface area contributed by atoms with Crippen LogP contribution in [0.25, 0.3) is 0 Å². The third-order valence-electron chi connectivity index (χ3n) is 3.84. The summed E-state index contributed by atoms with van der Waals surface area (Å²) >= 11 is 0. The number of nitrogens with zero attached hydrogens (tertiary/aromatic N) is 1. The zero-order valence-corrected chi connectivity index (χ0v) is 12.5. The lowest BCUT2D eigenvalue weighted by atomic mass is 9.97. The van der Waals surface area contributed by atoms with Crippen LogP contribution in [0.3, 0.4) is 0 Å². The number of hydrogen-bond donors (Lipinski definition) is 1. The monoisotopic (exact) mass is 248 g/mol. The SMILES string of the molecule is CCc1ccc(C(N)C(C)N(CC)C(C)C)cc1. The first kappa shape index (κ1) is 15.2. The van der Waals surface area contributed by atoms with E-state index in [0.29, 0.717) is 12.1 Å². The highest BCUT2D eigenvalue weighted by Gasteiger charge is 2.22. The molecule has 0 aliphatic heterocycles. The summed E-state index contributed by atoms with van der Waals surface area (Å²) in [5.41, 5.74) is 9.01. The minimum absolute atomic E-state index is 0.0817. The van der Waals surface area contributed by atoms with Gasteiger partial charge in [0.2, 0.25) is 0 Å². The van der Waals surface area contributed by atoms with Crippen molar-refractivity contribution >= 4 is 0 Å². The van der Waals surface area contributed by atoms with Crippen LogP contribution >= 0.6 is 0 Å². The minimum atomic E-state index is 0.0817. The Morgan fingerprint density at radius 2 is 1.61 bits per heavy atom. The van der Waals surface area contributed by atoms with Crippen molar-refractivity contribution in [3.8, 4) is 0 Å². The summed E-state index contributed by atoms with van der Waals surface area (Å²) in [6, 6.07) is 9.70. The number of likely N-dealkylation sites (N-methyl/N-ethyl adjacent to an activating group) is 1. The maximum Gasteiger partial charge on any atom is 0.0450 e. The van der Waals surface area contributed by atoms with Gasteiger partial charge in [0, 0.05) is 18.1 Å². The van der Waals surface area contributed by atoms with Gasteiger partial charge in [0.15, 0.2) is 0 Å². The van der Waals surface area contributed by atoms with E-state index in [1.165, 1.54) is 11.1 Å². The highest BCUT2D eigenvalue weighted by molar-refractivity contribution is 5.25. The fourth-order valence-electron chi connectivity index (χ4n) is 2.58. The summed E-state index contributed by atoms with van der Waals surface area (Å²) in [7, 11) is 0. The second-order valence-corrected chi connectivity index (χ2v) is 5.29. The molecule has 2 unspecified atom stereocenters. The molecule has 1 aromatic carbocycles. The molecule has 0 spiro atoms. The summed E-state index contributed by atoms with van der Waals surface area (Å²) in [5.74, 6) is 0. The first-order chi connectivity index (χ1) is 8.51. The van der Waals surface area contributed by atoms with Gasteiger partial charge in [0.05, 0.1) is 0 Å². The summed E-state index contributed by atoms with van der Waals surface area (Å²) < 4.78 is 0. The second kappa shape index (κ2) is 6.91. The molecule has 1 aromatic rings. The fourth-order valence-corrected chi connectivity index (χ4v) is 2.58. The molecular weight excluding hydrogens is 220 g/mol. The average molecular weight is 248 g/mol. The van der Waals surface area contributed by atoms with Gasteiger partial charge in [-0.3, -0.25) is 4.90 Å². The van der Waals surface area contributed by atoms with E-state index in [1.807, 2.05) is 0 Å². The smallest absolute Gasteiger partial charge is 0.0450 e. The van der Waals surface area contributed by atoms with E-state index in [0.717, 1.165) is 13.0 Å². The van der Waals surface area contributed by atoms with Crippen molar-refractivity contribution in [2.75, 3.05) is 6.54 Å². The predicted molar refractivity (Wildman–Crippen MR) is 79.7 cm³/mol. The van der Waals surface area contributed by atoms with Crippen LogP contribution in [-0.4, -0.2) is 23.5 Å². The maximum absolute atomic E-state index is 6.40. The van der Waals surface area contributed by atoms with Crippen molar-refractivity contribution in [2.45, 2.75) is 59.2 Å². The first-order valence-corrected chi connectivity index (χ1v) is 7.11. The van der Waals surface area contributed by atoms with Crippen molar-refractivity contribution in [3.05, 3.63) is 35.4 Å². The third-order valence-corrected chi connectivity index (χ3v) is 3.84. The van der Waals surface area contributed by atoms with E-state index < -0.39 is 0 Å². The zero-order chi connectivity index (χ0) is 13.7. The average Bonchev–Trinajstić information content (AvgIpc) is 2.38. The Balaban J connectivity index is 2.81. The number of rotatable bonds is 6. The Morgan fingerprint density at radius 3 is 2.00 bits per heavy atom. The van der Waals surface area contributed by atoms with Gasteiger partial charge in [-0.05, 0) is 44.9 Å². The lowest BCUT2D eigenvalue weighted by Crippen LogP contribution is -2.44. The van der Waals surface area contributed by atoms with E-state index >= 15 is 0 Å². The van der Waals surface area contributed by atoms with Gasteiger partial charge in [-0.15, -0.1) is 0 Å². The number of aryl methyl sites for hydroxylation is 1. The van der Waals surface area contributed by atoms with Crippen molar-refractivity contribution in [1.82, 2.24) is 4.90 Å². The molecule has 0 heterocycles. The largest absolute Gasteiger partial charge is 0.323 e. The van der Waals surface area contributed by atoms with Gasteiger partial charge < -0.3 is 5.73 Å². The lowest BCUT2D eigenvalue weighted by molar-refractivity contribution is 0.152. The van der Waals surface area contributed by atoms with Gasteiger partial charge >= 0.3 is 0 Å². The normalized spacial score (nSPS) is 15.1. The van der Waals surface area contributed by atoms with Crippen molar-refractivity contribution in [1.29, 1.82) is 0 Å². The topological polar surface area (TPSA) is 29.3 Å². The third kappa shape index (κ3) is 3.56. The van der Waals surface area contributed by atoms with Crippen molar-refractivity contribution in [3.63, 3.8) is 0 Å². The Bertz CT molecular complexity index is 343. The molecule has 2 atom stereocenters. The van der Waals surface area contributed by atoms with Gasteiger partial charge in [-0.1, -0.05) is 38.1 Å².